The minimum absolute atomic E-state index is 0.153. The van der Waals surface area contributed by atoms with Crippen molar-refractivity contribution < 1.29 is 9.53 Å². The first-order valence-electron chi connectivity index (χ1n) is 11.8. The highest BCUT2D eigenvalue weighted by atomic mass is 35.5. The Morgan fingerprint density at radius 3 is 2.50 bits per heavy atom. The van der Waals surface area contributed by atoms with Gasteiger partial charge in [-0.2, -0.15) is 0 Å². The lowest BCUT2D eigenvalue weighted by Gasteiger charge is -2.39. The SMILES string of the molecule is CCOc1cccc(CN2CCC(C(=O)N3CCN(c4cc(Cl)ccc4C)CC3)CC2)c1. The molecule has 5 nitrogen and oxygen atoms in total. The summed E-state index contributed by atoms with van der Waals surface area (Å²) in [6.45, 7) is 11.0. The van der Waals surface area contributed by atoms with Crippen LogP contribution in [0.1, 0.15) is 30.9 Å². The van der Waals surface area contributed by atoms with Gasteiger partial charge >= 0.3 is 0 Å². The number of likely N-dealkylation sites (tertiary alicyclic amines) is 1. The van der Waals surface area contributed by atoms with Crippen molar-refractivity contribution in [2.24, 2.45) is 5.92 Å². The van der Waals surface area contributed by atoms with Gasteiger partial charge in [-0.25, -0.2) is 0 Å². The van der Waals surface area contributed by atoms with Crippen molar-refractivity contribution in [3.8, 4) is 5.75 Å². The summed E-state index contributed by atoms with van der Waals surface area (Å²) in [7, 11) is 0. The van der Waals surface area contributed by atoms with E-state index in [2.05, 4.69) is 45.9 Å². The number of benzene rings is 2. The van der Waals surface area contributed by atoms with Crippen LogP contribution in [0.25, 0.3) is 0 Å². The molecule has 6 heteroatoms. The number of carbonyl (C=O) groups excluding carboxylic acids is 1. The summed E-state index contributed by atoms with van der Waals surface area (Å²) >= 11 is 6.20. The van der Waals surface area contributed by atoms with Gasteiger partial charge in [0.1, 0.15) is 5.75 Å². The van der Waals surface area contributed by atoms with E-state index in [9.17, 15) is 4.79 Å². The number of hydrogen-bond acceptors (Lipinski definition) is 4. The molecule has 172 valence electrons. The second-order valence-electron chi connectivity index (χ2n) is 8.87. The molecule has 0 saturated carbocycles. The topological polar surface area (TPSA) is 36.0 Å². The number of ether oxygens (including phenoxy) is 1. The van der Waals surface area contributed by atoms with Crippen LogP contribution in [0.4, 0.5) is 5.69 Å². The average molecular weight is 456 g/mol. The minimum Gasteiger partial charge on any atom is -0.494 e. The zero-order chi connectivity index (χ0) is 22.5. The largest absolute Gasteiger partial charge is 0.494 e. The predicted octanol–water partition coefficient (Wildman–Crippen LogP) is 4.61. The van der Waals surface area contributed by atoms with Crippen LogP contribution in [0.3, 0.4) is 0 Å². The Balaban J connectivity index is 1.25. The Hall–Kier alpha value is -2.24. The third kappa shape index (κ3) is 5.57. The molecule has 2 heterocycles. The monoisotopic (exact) mass is 455 g/mol. The summed E-state index contributed by atoms with van der Waals surface area (Å²) in [5.41, 5.74) is 3.69. The molecule has 2 aromatic carbocycles. The van der Waals surface area contributed by atoms with E-state index >= 15 is 0 Å². The van der Waals surface area contributed by atoms with E-state index in [-0.39, 0.29) is 5.92 Å². The van der Waals surface area contributed by atoms with Gasteiger partial charge in [-0.15, -0.1) is 0 Å². The van der Waals surface area contributed by atoms with E-state index in [0.29, 0.717) is 12.5 Å². The molecule has 32 heavy (non-hydrogen) atoms. The first-order valence-corrected chi connectivity index (χ1v) is 12.1. The highest BCUT2D eigenvalue weighted by molar-refractivity contribution is 6.30. The maximum absolute atomic E-state index is 13.2. The summed E-state index contributed by atoms with van der Waals surface area (Å²) in [5.74, 6) is 1.42. The van der Waals surface area contributed by atoms with Gasteiger partial charge in [0, 0.05) is 49.4 Å². The quantitative estimate of drug-likeness (QED) is 0.637. The second kappa shape index (κ2) is 10.6. The molecule has 1 amide bonds. The number of halogens is 1. The predicted molar refractivity (Wildman–Crippen MR) is 131 cm³/mol. The number of rotatable bonds is 6. The van der Waals surface area contributed by atoms with Crippen molar-refractivity contribution in [1.82, 2.24) is 9.80 Å². The lowest BCUT2D eigenvalue weighted by molar-refractivity contribution is -0.137. The van der Waals surface area contributed by atoms with Gasteiger partial charge in [-0.3, -0.25) is 9.69 Å². The molecule has 2 fully saturated rings. The lowest BCUT2D eigenvalue weighted by atomic mass is 9.94. The number of piperidine rings is 1. The first-order chi connectivity index (χ1) is 15.5. The fraction of sp³-hybridized carbons (Fsp3) is 0.500. The minimum atomic E-state index is 0.153. The number of hydrogen-bond donors (Lipinski definition) is 0. The summed E-state index contributed by atoms with van der Waals surface area (Å²) in [6, 6.07) is 14.4. The van der Waals surface area contributed by atoms with Gasteiger partial charge in [0.2, 0.25) is 5.91 Å². The Labute approximate surface area is 196 Å². The van der Waals surface area contributed by atoms with Crippen molar-refractivity contribution in [3.05, 3.63) is 58.6 Å². The number of nitrogens with zero attached hydrogens (tertiary/aromatic N) is 3. The van der Waals surface area contributed by atoms with Crippen LogP contribution in [-0.4, -0.2) is 61.6 Å². The summed E-state index contributed by atoms with van der Waals surface area (Å²) < 4.78 is 5.62. The van der Waals surface area contributed by atoms with Crippen LogP contribution in [0.5, 0.6) is 5.75 Å². The molecular formula is C26H34ClN3O2. The molecule has 0 bridgehead atoms. The summed E-state index contributed by atoms with van der Waals surface area (Å²) in [6.07, 6.45) is 1.88. The van der Waals surface area contributed by atoms with Crippen molar-refractivity contribution in [3.63, 3.8) is 0 Å². The third-order valence-corrected chi connectivity index (χ3v) is 6.89. The van der Waals surface area contributed by atoms with Gasteiger partial charge in [-0.05, 0) is 75.2 Å². The Morgan fingerprint density at radius 2 is 1.78 bits per heavy atom. The maximum atomic E-state index is 13.2. The first kappa shape index (κ1) is 22.9. The Morgan fingerprint density at radius 1 is 1.03 bits per heavy atom. The van der Waals surface area contributed by atoms with Crippen LogP contribution in [0, 0.1) is 12.8 Å². The summed E-state index contributed by atoms with van der Waals surface area (Å²) in [5, 5.41) is 0.764. The number of aryl methyl sites for hydroxylation is 1. The second-order valence-corrected chi connectivity index (χ2v) is 9.31. The molecule has 0 atom stereocenters. The van der Waals surface area contributed by atoms with Crippen molar-refractivity contribution in [1.29, 1.82) is 0 Å². The van der Waals surface area contributed by atoms with Gasteiger partial charge in [0.25, 0.3) is 0 Å². The molecule has 0 unspecified atom stereocenters. The van der Waals surface area contributed by atoms with Crippen LogP contribution in [-0.2, 0) is 11.3 Å². The summed E-state index contributed by atoms with van der Waals surface area (Å²) in [4.78, 5) is 20.0. The fourth-order valence-electron chi connectivity index (χ4n) is 4.85. The lowest BCUT2D eigenvalue weighted by Crippen LogP contribution is -2.51. The Bertz CT molecular complexity index is 919. The molecule has 2 aliphatic heterocycles. The molecule has 0 N–H and O–H groups in total. The number of carbonyl (C=O) groups is 1. The normalized spacial score (nSPS) is 18.1. The van der Waals surface area contributed by atoms with Crippen molar-refractivity contribution in [2.45, 2.75) is 33.2 Å². The molecule has 2 aromatic rings. The highest BCUT2D eigenvalue weighted by Crippen LogP contribution is 2.27. The fourth-order valence-corrected chi connectivity index (χ4v) is 5.01. The highest BCUT2D eigenvalue weighted by Gasteiger charge is 2.30. The van der Waals surface area contributed by atoms with Crippen LogP contribution < -0.4 is 9.64 Å². The zero-order valence-corrected chi connectivity index (χ0v) is 20.0. The van der Waals surface area contributed by atoms with Crippen molar-refractivity contribution >= 4 is 23.2 Å². The van der Waals surface area contributed by atoms with E-state index in [4.69, 9.17) is 16.3 Å². The molecule has 0 aliphatic carbocycles. The standard InChI is InChI=1S/C26H34ClN3O2/c1-3-32-24-6-4-5-21(17-24)19-28-11-9-22(10-12-28)26(31)30-15-13-29(14-16-30)25-18-23(27)8-7-20(25)2/h4-8,17-18,22H,3,9-16,19H2,1-2H3. The Kier molecular flexibility index (Phi) is 7.59. The molecule has 0 aromatic heterocycles. The number of piperazine rings is 1. The molecule has 0 radical (unpaired) electrons. The van der Waals surface area contributed by atoms with Crippen LogP contribution in [0.2, 0.25) is 5.02 Å². The van der Waals surface area contributed by atoms with Crippen LogP contribution in [0.15, 0.2) is 42.5 Å². The van der Waals surface area contributed by atoms with E-state index in [1.54, 1.807) is 0 Å². The number of amides is 1. The van der Waals surface area contributed by atoms with Gasteiger partial charge in [0.15, 0.2) is 0 Å². The van der Waals surface area contributed by atoms with Crippen LogP contribution >= 0.6 is 11.6 Å². The zero-order valence-electron chi connectivity index (χ0n) is 19.2. The molecule has 2 saturated heterocycles. The molecule has 4 rings (SSSR count). The third-order valence-electron chi connectivity index (χ3n) is 6.66. The van der Waals surface area contributed by atoms with E-state index in [1.165, 1.54) is 16.8 Å². The van der Waals surface area contributed by atoms with E-state index in [1.807, 2.05) is 25.1 Å². The van der Waals surface area contributed by atoms with E-state index in [0.717, 1.165) is 69.4 Å². The van der Waals surface area contributed by atoms with Gasteiger partial charge in [0.05, 0.1) is 6.61 Å². The average Bonchev–Trinajstić information content (AvgIpc) is 2.81. The van der Waals surface area contributed by atoms with E-state index < -0.39 is 0 Å². The van der Waals surface area contributed by atoms with Gasteiger partial charge < -0.3 is 14.5 Å². The van der Waals surface area contributed by atoms with Crippen molar-refractivity contribution in [2.75, 3.05) is 50.8 Å². The van der Waals surface area contributed by atoms with Gasteiger partial charge in [-0.1, -0.05) is 29.8 Å². The smallest absolute Gasteiger partial charge is 0.225 e. The molecular weight excluding hydrogens is 422 g/mol. The molecule has 0 spiro atoms. The maximum Gasteiger partial charge on any atom is 0.225 e. The molecule has 2 aliphatic rings. The number of anilines is 1.